The Morgan fingerprint density at radius 1 is 1.05 bits per heavy atom. The second kappa shape index (κ2) is 5.99. The molecule has 0 fully saturated rings. The van der Waals surface area contributed by atoms with Gasteiger partial charge in [-0.25, -0.2) is 8.42 Å². The number of nitrogens with one attached hydrogen (secondary N) is 1. The molecule has 1 amide bonds. The molecule has 0 heterocycles. The van der Waals surface area contributed by atoms with Gasteiger partial charge >= 0.3 is 0 Å². The highest BCUT2D eigenvalue weighted by atomic mass is 79.9. The Kier molecular flexibility index (Phi) is 4.34. The zero-order valence-corrected chi connectivity index (χ0v) is 12.1. The molecule has 0 unspecified atom stereocenters. The van der Waals surface area contributed by atoms with E-state index in [1.54, 1.807) is 24.3 Å². The van der Waals surface area contributed by atoms with Crippen LogP contribution in [0.4, 0.5) is 5.69 Å². The first-order valence-corrected chi connectivity index (χ1v) is 7.35. The number of thiol groups is 1. The molecule has 0 spiro atoms. The van der Waals surface area contributed by atoms with Crippen LogP contribution in [0.5, 0.6) is 0 Å². The first kappa shape index (κ1) is 13.8. The zero-order chi connectivity index (χ0) is 13.8. The molecular formula is C13H10BrNO3S. The van der Waals surface area contributed by atoms with Gasteiger partial charge in [-0.2, -0.15) is 0 Å². The lowest BCUT2D eigenvalue weighted by Crippen LogP contribution is -2.11. The minimum absolute atomic E-state index is 0.122. The molecular weight excluding hydrogens is 330 g/mol. The van der Waals surface area contributed by atoms with Gasteiger partial charge in [0.1, 0.15) is 0 Å². The molecule has 2 aromatic rings. The summed E-state index contributed by atoms with van der Waals surface area (Å²) in [6, 6.07) is 13.0. The number of carbonyl (C=O) groups excluding carboxylic acids is 1. The second-order valence-electron chi connectivity index (χ2n) is 3.77. The molecule has 0 aromatic heterocycles. The van der Waals surface area contributed by atoms with E-state index in [9.17, 15) is 13.2 Å². The van der Waals surface area contributed by atoms with Gasteiger partial charge in [0.2, 0.25) is 0 Å². The SMILES string of the molecule is O=C(Nc1cccc(Br)c1)c1cccc([SH](=O)=O)c1. The number of benzene rings is 2. The molecule has 0 atom stereocenters. The number of anilines is 1. The van der Waals surface area contributed by atoms with Gasteiger partial charge in [0.25, 0.3) is 5.91 Å². The van der Waals surface area contributed by atoms with Crippen molar-refractivity contribution in [3.05, 3.63) is 58.6 Å². The molecule has 0 saturated heterocycles. The molecule has 0 aliphatic heterocycles. The van der Waals surface area contributed by atoms with Crippen LogP contribution in [0.2, 0.25) is 0 Å². The Labute approximate surface area is 120 Å². The van der Waals surface area contributed by atoms with Gasteiger partial charge in [-0.05, 0) is 36.4 Å². The molecule has 98 valence electrons. The highest BCUT2D eigenvalue weighted by Gasteiger charge is 2.07. The molecule has 6 heteroatoms. The van der Waals surface area contributed by atoms with Crippen LogP contribution >= 0.6 is 15.9 Å². The van der Waals surface area contributed by atoms with Crippen LogP contribution in [-0.4, -0.2) is 14.3 Å². The molecule has 19 heavy (non-hydrogen) atoms. The number of carbonyl (C=O) groups is 1. The van der Waals surface area contributed by atoms with Crippen molar-refractivity contribution in [3.8, 4) is 0 Å². The smallest absolute Gasteiger partial charge is 0.255 e. The Hall–Kier alpha value is -1.66. The third-order valence-corrected chi connectivity index (χ3v) is 3.59. The normalized spacial score (nSPS) is 10.4. The van der Waals surface area contributed by atoms with Crippen molar-refractivity contribution < 1.29 is 13.2 Å². The molecule has 2 rings (SSSR count). The number of hydrogen-bond donors (Lipinski definition) is 2. The summed E-state index contributed by atoms with van der Waals surface area (Å²) in [5.41, 5.74) is 0.938. The van der Waals surface area contributed by atoms with Crippen molar-refractivity contribution in [3.63, 3.8) is 0 Å². The molecule has 0 radical (unpaired) electrons. The van der Waals surface area contributed by atoms with Gasteiger partial charge in [0, 0.05) is 15.7 Å². The van der Waals surface area contributed by atoms with E-state index < -0.39 is 10.7 Å². The van der Waals surface area contributed by atoms with Crippen molar-refractivity contribution in [2.24, 2.45) is 0 Å². The Bertz CT molecular complexity index is 690. The van der Waals surface area contributed by atoms with Gasteiger partial charge in [0.15, 0.2) is 10.7 Å². The Balaban J connectivity index is 2.23. The molecule has 0 aliphatic carbocycles. The highest BCUT2D eigenvalue weighted by Crippen LogP contribution is 2.17. The van der Waals surface area contributed by atoms with Gasteiger partial charge in [-0.1, -0.05) is 28.1 Å². The van der Waals surface area contributed by atoms with E-state index in [0.29, 0.717) is 11.3 Å². The zero-order valence-electron chi connectivity index (χ0n) is 9.67. The van der Waals surface area contributed by atoms with Gasteiger partial charge in [-0.15, -0.1) is 0 Å². The fourth-order valence-electron chi connectivity index (χ4n) is 1.53. The maximum atomic E-state index is 12.0. The predicted octanol–water partition coefficient (Wildman–Crippen LogP) is 2.67. The summed E-state index contributed by atoms with van der Waals surface area (Å²) >= 11 is 3.31. The number of halogens is 1. The monoisotopic (exact) mass is 339 g/mol. The van der Waals surface area contributed by atoms with Crippen molar-refractivity contribution in [2.45, 2.75) is 4.90 Å². The molecule has 4 nitrogen and oxygen atoms in total. The topological polar surface area (TPSA) is 63.2 Å². The standard InChI is InChI=1S/C13H10BrNO3S/c14-10-4-2-5-11(8-10)15-13(16)9-3-1-6-12(7-9)19(17)18/h1-8,19H,(H,15,16). The number of rotatable bonds is 3. The minimum atomic E-state index is -2.69. The quantitative estimate of drug-likeness (QED) is 0.845. The van der Waals surface area contributed by atoms with Crippen LogP contribution < -0.4 is 5.32 Å². The van der Waals surface area contributed by atoms with Gasteiger partial charge in [0.05, 0.1) is 4.90 Å². The van der Waals surface area contributed by atoms with E-state index in [1.165, 1.54) is 18.2 Å². The molecule has 0 bridgehead atoms. The summed E-state index contributed by atoms with van der Waals surface area (Å²) in [5, 5.41) is 2.70. The van der Waals surface area contributed by atoms with Crippen molar-refractivity contribution in [1.82, 2.24) is 0 Å². The first-order valence-electron chi connectivity index (χ1n) is 5.37. The van der Waals surface area contributed by atoms with Crippen LogP contribution in [0, 0.1) is 0 Å². The molecule has 0 aliphatic rings. The number of hydrogen-bond acceptors (Lipinski definition) is 3. The summed E-state index contributed by atoms with van der Waals surface area (Å²) in [5.74, 6) is -0.350. The van der Waals surface area contributed by atoms with Crippen molar-refractivity contribution in [1.29, 1.82) is 0 Å². The summed E-state index contributed by atoms with van der Waals surface area (Å²) in [6.07, 6.45) is 0. The van der Waals surface area contributed by atoms with Crippen LogP contribution in [0.3, 0.4) is 0 Å². The lowest BCUT2D eigenvalue weighted by atomic mass is 10.2. The van der Waals surface area contributed by atoms with E-state index in [4.69, 9.17) is 0 Å². The third-order valence-electron chi connectivity index (χ3n) is 2.40. The highest BCUT2D eigenvalue weighted by molar-refractivity contribution is 9.10. The fourth-order valence-corrected chi connectivity index (χ4v) is 2.38. The Morgan fingerprint density at radius 3 is 2.47 bits per heavy atom. The van der Waals surface area contributed by atoms with Crippen LogP contribution in [0.1, 0.15) is 10.4 Å². The average molecular weight is 340 g/mol. The van der Waals surface area contributed by atoms with Crippen molar-refractivity contribution >= 4 is 38.2 Å². The molecule has 2 aromatic carbocycles. The maximum absolute atomic E-state index is 12.0. The second-order valence-corrected chi connectivity index (χ2v) is 5.72. The first-order chi connectivity index (χ1) is 9.06. The molecule has 1 N–H and O–H groups in total. The molecule has 0 saturated carbocycles. The predicted molar refractivity (Wildman–Crippen MR) is 77.1 cm³/mol. The van der Waals surface area contributed by atoms with Crippen LogP contribution in [0.15, 0.2) is 57.9 Å². The third kappa shape index (κ3) is 3.65. The van der Waals surface area contributed by atoms with Crippen LogP contribution in [-0.2, 0) is 10.7 Å². The van der Waals surface area contributed by atoms with E-state index in [1.807, 2.05) is 6.07 Å². The summed E-state index contributed by atoms with van der Waals surface area (Å²) in [7, 11) is -2.69. The summed E-state index contributed by atoms with van der Waals surface area (Å²) < 4.78 is 22.6. The largest absolute Gasteiger partial charge is 0.322 e. The van der Waals surface area contributed by atoms with Crippen LogP contribution in [0.25, 0.3) is 0 Å². The Morgan fingerprint density at radius 2 is 1.79 bits per heavy atom. The van der Waals surface area contributed by atoms with E-state index in [2.05, 4.69) is 21.2 Å². The average Bonchev–Trinajstić information content (AvgIpc) is 2.39. The van der Waals surface area contributed by atoms with Gasteiger partial charge in [-0.3, -0.25) is 4.79 Å². The minimum Gasteiger partial charge on any atom is -0.322 e. The summed E-state index contributed by atoms with van der Waals surface area (Å²) in [6.45, 7) is 0. The van der Waals surface area contributed by atoms with E-state index in [0.717, 1.165) is 4.47 Å². The lowest BCUT2D eigenvalue weighted by molar-refractivity contribution is 0.102. The van der Waals surface area contributed by atoms with Gasteiger partial charge < -0.3 is 5.32 Å². The number of amides is 1. The summed E-state index contributed by atoms with van der Waals surface area (Å²) in [4.78, 5) is 12.1. The van der Waals surface area contributed by atoms with E-state index >= 15 is 0 Å². The van der Waals surface area contributed by atoms with E-state index in [-0.39, 0.29) is 10.8 Å². The maximum Gasteiger partial charge on any atom is 0.255 e. The van der Waals surface area contributed by atoms with Crippen molar-refractivity contribution in [2.75, 3.05) is 5.32 Å². The lowest BCUT2D eigenvalue weighted by Gasteiger charge is -2.05. The fraction of sp³-hybridized carbons (Fsp3) is 0.